The number of hydrogen-bond acceptors (Lipinski definition) is 1. The van der Waals surface area contributed by atoms with E-state index in [4.69, 9.17) is 0 Å². The zero-order valence-corrected chi connectivity index (χ0v) is 8.35. The van der Waals surface area contributed by atoms with Gasteiger partial charge in [-0.25, -0.2) is 0 Å². The summed E-state index contributed by atoms with van der Waals surface area (Å²) in [5.74, 6) is 0.721. The Hall–Kier alpha value is -0.250. The Bertz CT molecular complexity index is 175. The van der Waals surface area contributed by atoms with Crippen LogP contribution in [0.4, 0.5) is 13.2 Å². The Balaban J connectivity index is 2.11. The lowest BCUT2D eigenvalue weighted by molar-refractivity contribution is -0.136. The predicted octanol–water partition coefficient (Wildman–Crippen LogP) is 3.13. The van der Waals surface area contributed by atoms with E-state index in [1.54, 1.807) is 0 Å². The lowest BCUT2D eigenvalue weighted by Gasteiger charge is -2.18. The molecule has 0 aliphatic heterocycles. The van der Waals surface area contributed by atoms with Crippen molar-refractivity contribution < 1.29 is 18.3 Å². The molecule has 4 heteroatoms. The predicted molar refractivity (Wildman–Crippen MR) is 47.8 cm³/mol. The van der Waals surface area contributed by atoms with Gasteiger partial charge < -0.3 is 5.11 Å². The minimum atomic E-state index is -4.08. The van der Waals surface area contributed by atoms with Gasteiger partial charge in [-0.15, -0.1) is 0 Å². The lowest BCUT2D eigenvalue weighted by Crippen LogP contribution is -2.20. The average Bonchev–Trinajstić information content (AvgIpc) is 2.82. The van der Waals surface area contributed by atoms with Crippen molar-refractivity contribution in [3.8, 4) is 0 Å². The zero-order valence-electron chi connectivity index (χ0n) is 8.35. The van der Waals surface area contributed by atoms with Gasteiger partial charge in [-0.2, -0.15) is 13.2 Å². The van der Waals surface area contributed by atoms with Crippen LogP contribution in [0.25, 0.3) is 0 Å². The second-order valence-corrected chi connectivity index (χ2v) is 4.27. The minimum absolute atomic E-state index is 0.0434. The van der Waals surface area contributed by atoms with Gasteiger partial charge in [0.05, 0.1) is 6.10 Å². The Morgan fingerprint density at radius 1 is 1.36 bits per heavy atom. The van der Waals surface area contributed by atoms with Crippen molar-refractivity contribution in [1.29, 1.82) is 0 Å². The first-order valence-electron chi connectivity index (χ1n) is 5.15. The smallest absolute Gasteiger partial charge is 0.389 e. The molecule has 14 heavy (non-hydrogen) atoms. The van der Waals surface area contributed by atoms with Gasteiger partial charge in [-0.05, 0) is 37.5 Å². The van der Waals surface area contributed by atoms with Crippen LogP contribution in [0.2, 0.25) is 0 Å². The summed E-state index contributed by atoms with van der Waals surface area (Å²) in [5.41, 5.74) is 0. The Morgan fingerprint density at radius 3 is 2.36 bits per heavy atom. The maximum Gasteiger partial charge on any atom is 0.389 e. The molecule has 0 spiro atoms. The fourth-order valence-corrected chi connectivity index (χ4v) is 1.71. The van der Waals surface area contributed by atoms with Crippen LogP contribution in [0, 0.1) is 11.8 Å². The molecule has 1 aliphatic rings. The third-order valence-corrected chi connectivity index (χ3v) is 2.93. The molecular weight excluding hydrogens is 193 g/mol. The van der Waals surface area contributed by atoms with Gasteiger partial charge in [0.15, 0.2) is 0 Å². The van der Waals surface area contributed by atoms with E-state index in [9.17, 15) is 18.3 Å². The number of aliphatic hydroxyl groups is 1. The van der Waals surface area contributed by atoms with E-state index in [-0.39, 0.29) is 18.8 Å². The van der Waals surface area contributed by atoms with E-state index >= 15 is 0 Å². The first-order valence-corrected chi connectivity index (χ1v) is 5.15. The fourth-order valence-electron chi connectivity index (χ4n) is 1.71. The van der Waals surface area contributed by atoms with E-state index in [1.807, 2.05) is 6.92 Å². The molecule has 84 valence electrons. The molecule has 0 radical (unpaired) electrons. The summed E-state index contributed by atoms with van der Waals surface area (Å²) in [7, 11) is 0. The average molecular weight is 210 g/mol. The summed E-state index contributed by atoms with van der Waals surface area (Å²) < 4.78 is 35.4. The summed E-state index contributed by atoms with van der Waals surface area (Å²) in [4.78, 5) is 0. The molecule has 1 saturated carbocycles. The first kappa shape index (κ1) is 11.8. The van der Waals surface area contributed by atoms with Crippen LogP contribution in [0.15, 0.2) is 0 Å². The Labute approximate surface area is 82.3 Å². The second kappa shape index (κ2) is 4.51. The molecule has 0 aromatic heterocycles. The molecule has 1 nitrogen and oxygen atoms in total. The van der Waals surface area contributed by atoms with Gasteiger partial charge in [0.1, 0.15) is 0 Å². The molecule has 0 bridgehead atoms. The Morgan fingerprint density at radius 2 is 1.93 bits per heavy atom. The van der Waals surface area contributed by atoms with Crippen molar-refractivity contribution in [2.75, 3.05) is 0 Å². The minimum Gasteiger partial charge on any atom is -0.393 e. The van der Waals surface area contributed by atoms with E-state index in [2.05, 4.69) is 0 Å². The van der Waals surface area contributed by atoms with Crippen LogP contribution in [0.5, 0.6) is 0 Å². The normalized spacial score (nSPS) is 22.1. The van der Waals surface area contributed by atoms with Crippen molar-refractivity contribution in [2.45, 2.75) is 51.3 Å². The second-order valence-electron chi connectivity index (χ2n) is 4.27. The van der Waals surface area contributed by atoms with Gasteiger partial charge in [-0.3, -0.25) is 0 Å². The van der Waals surface area contributed by atoms with E-state index in [0.717, 1.165) is 12.8 Å². The standard InChI is InChI=1S/C10H17F3O/c1-7(8-4-5-8)9(14)3-2-6-10(11,12)13/h7-9,14H,2-6H2,1H3. The lowest BCUT2D eigenvalue weighted by atomic mass is 9.95. The highest BCUT2D eigenvalue weighted by atomic mass is 19.4. The third kappa shape index (κ3) is 4.31. The first-order chi connectivity index (χ1) is 6.40. The molecule has 2 atom stereocenters. The topological polar surface area (TPSA) is 20.2 Å². The van der Waals surface area contributed by atoms with E-state index in [0.29, 0.717) is 5.92 Å². The maximum atomic E-state index is 11.8. The number of rotatable bonds is 5. The molecule has 2 unspecified atom stereocenters. The van der Waals surface area contributed by atoms with Crippen LogP contribution < -0.4 is 0 Å². The largest absolute Gasteiger partial charge is 0.393 e. The highest BCUT2D eigenvalue weighted by Crippen LogP contribution is 2.39. The van der Waals surface area contributed by atoms with Gasteiger partial charge in [0.25, 0.3) is 0 Å². The van der Waals surface area contributed by atoms with E-state index < -0.39 is 18.7 Å². The van der Waals surface area contributed by atoms with E-state index in [1.165, 1.54) is 0 Å². The third-order valence-electron chi connectivity index (χ3n) is 2.93. The fraction of sp³-hybridized carbons (Fsp3) is 1.00. The molecule has 0 aromatic rings. The monoisotopic (exact) mass is 210 g/mol. The van der Waals surface area contributed by atoms with Crippen molar-refractivity contribution in [3.63, 3.8) is 0 Å². The highest BCUT2D eigenvalue weighted by Gasteiger charge is 2.33. The van der Waals surface area contributed by atoms with Crippen molar-refractivity contribution in [1.82, 2.24) is 0 Å². The van der Waals surface area contributed by atoms with Crippen LogP contribution in [-0.2, 0) is 0 Å². The van der Waals surface area contributed by atoms with Crippen molar-refractivity contribution in [2.24, 2.45) is 11.8 Å². The van der Waals surface area contributed by atoms with Crippen molar-refractivity contribution in [3.05, 3.63) is 0 Å². The molecule has 1 fully saturated rings. The van der Waals surface area contributed by atoms with Crippen LogP contribution in [0.3, 0.4) is 0 Å². The van der Waals surface area contributed by atoms with Crippen LogP contribution >= 0.6 is 0 Å². The number of hydrogen-bond donors (Lipinski definition) is 1. The summed E-state index contributed by atoms with van der Waals surface area (Å²) in [6.45, 7) is 1.93. The number of aliphatic hydroxyl groups excluding tert-OH is 1. The zero-order chi connectivity index (χ0) is 10.8. The van der Waals surface area contributed by atoms with Gasteiger partial charge in [0, 0.05) is 6.42 Å². The van der Waals surface area contributed by atoms with Gasteiger partial charge in [0.2, 0.25) is 0 Å². The molecule has 1 aliphatic carbocycles. The molecule has 1 N–H and O–H groups in total. The van der Waals surface area contributed by atoms with Crippen molar-refractivity contribution >= 4 is 0 Å². The molecule has 0 aromatic carbocycles. The summed E-state index contributed by atoms with van der Waals surface area (Å²) in [5, 5.41) is 9.56. The molecular formula is C10H17F3O. The SMILES string of the molecule is CC(C(O)CCCC(F)(F)F)C1CC1. The summed E-state index contributed by atoms with van der Waals surface area (Å²) >= 11 is 0. The van der Waals surface area contributed by atoms with Gasteiger partial charge in [-0.1, -0.05) is 6.92 Å². The summed E-state index contributed by atoms with van der Waals surface area (Å²) in [6, 6.07) is 0. The Kier molecular flexibility index (Phi) is 3.81. The molecule has 0 amide bonds. The number of halogens is 3. The summed E-state index contributed by atoms with van der Waals surface area (Å²) in [6.07, 6.45) is -2.84. The molecule has 0 heterocycles. The number of alkyl halides is 3. The van der Waals surface area contributed by atoms with Crippen LogP contribution in [0.1, 0.15) is 39.0 Å². The quantitative estimate of drug-likeness (QED) is 0.739. The van der Waals surface area contributed by atoms with Crippen LogP contribution in [-0.4, -0.2) is 17.4 Å². The highest BCUT2D eigenvalue weighted by molar-refractivity contribution is 4.82. The molecule has 0 saturated heterocycles. The maximum absolute atomic E-state index is 11.8. The molecule has 1 rings (SSSR count). The van der Waals surface area contributed by atoms with Gasteiger partial charge >= 0.3 is 6.18 Å².